The van der Waals surface area contributed by atoms with Crippen LogP contribution in [0.5, 0.6) is 0 Å². The highest BCUT2D eigenvalue weighted by Crippen LogP contribution is 2.19. The van der Waals surface area contributed by atoms with Gasteiger partial charge in [0.1, 0.15) is 5.82 Å². The van der Waals surface area contributed by atoms with Crippen LogP contribution in [0.2, 0.25) is 0 Å². The van der Waals surface area contributed by atoms with Crippen LogP contribution in [0, 0.1) is 5.82 Å². The molecule has 0 atom stereocenters. The molecule has 0 saturated heterocycles. The molecule has 3 rings (SSSR count). The largest absolute Gasteiger partial charge is 0.396 e. The fourth-order valence-corrected chi connectivity index (χ4v) is 2.20. The molecule has 0 fully saturated rings. The first-order chi connectivity index (χ1) is 9.09. The van der Waals surface area contributed by atoms with Crippen molar-refractivity contribution in [2.75, 3.05) is 5.73 Å². The maximum absolute atomic E-state index is 13.6. The standard InChI is InChI=1S/C14H12FN3O/c1-17-12-4-2-3-5-13(12)18(14(17)19)9-6-7-11(16)10(15)8-9/h2-8H,16H2,1H3. The van der Waals surface area contributed by atoms with E-state index < -0.39 is 5.82 Å². The fraction of sp³-hybridized carbons (Fsp3) is 0.0714. The number of hydrogen-bond donors (Lipinski definition) is 1. The number of para-hydroxylation sites is 2. The Morgan fingerprint density at radius 3 is 2.47 bits per heavy atom. The van der Waals surface area contributed by atoms with Crippen LogP contribution in [0.3, 0.4) is 0 Å². The number of rotatable bonds is 1. The Morgan fingerprint density at radius 1 is 1.11 bits per heavy atom. The summed E-state index contributed by atoms with van der Waals surface area (Å²) in [6.07, 6.45) is 0. The number of anilines is 1. The molecule has 1 aromatic heterocycles. The quantitative estimate of drug-likeness (QED) is 0.678. The van der Waals surface area contributed by atoms with E-state index in [4.69, 9.17) is 5.73 Å². The summed E-state index contributed by atoms with van der Waals surface area (Å²) in [5.74, 6) is -0.530. The van der Waals surface area contributed by atoms with E-state index in [0.29, 0.717) is 5.69 Å². The van der Waals surface area contributed by atoms with Gasteiger partial charge < -0.3 is 5.73 Å². The van der Waals surface area contributed by atoms with Crippen molar-refractivity contribution in [1.82, 2.24) is 9.13 Å². The number of nitrogens with two attached hydrogens (primary N) is 1. The van der Waals surface area contributed by atoms with E-state index in [1.165, 1.54) is 21.3 Å². The minimum absolute atomic E-state index is 0.0667. The van der Waals surface area contributed by atoms with Crippen molar-refractivity contribution < 1.29 is 4.39 Å². The van der Waals surface area contributed by atoms with Crippen LogP contribution in [0.1, 0.15) is 0 Å². The van der Waals surface area contributed by atoms with Gasteiger partial charge in [-0.2, -0.15) is 0 Å². The molecule has 4 nitrogen and oxygen atoms in total. The van der Waals surface area contributed by atoms with Crippen LogP contribution < -0.4 is 11.4 Å². The van der Waals surface area contributed by atoms with Crippen LogP contribution in [0.15, 0.2) is 47.3 Å². The number of imidazole rings is 1. The van der Waals surface area contributed by atoms with Crippen LogP contribution in [-0.4, -0.2) is 9.13 Å². The molecule has 3 aromatic rings. The molecule has 96 valence electrons. The molecule has 0 radical (unpaired) electrons. The zero-order valence-electron chi connectivity index (χ0n) is 10.3. The zero-order chi connectivity index (χ0) is 13.6. The number of aromatic nitrogens is 2. The van der Waals surface area contributed by atoms with E-state index in [1.54, 1.807) is 13.1 Å². The molecule has 1 heterocycles. The second kappa shape index (κ2) is 3.98. The number of nitrogen functional groups attached to an aromatic ring is 1. The number of benzene rings is 2. The average molecular weight is 257 g/mol. The maximum Gasteiger partial charge on any atom is 0.333 e. The molecule has 0 aliphatic carbocycles. The maximum atomic E-state index is 13.6. The zero-order valence-corrected chi connectivity index (χ0v) is 10.3. The predicted molar refractivity (Wildman–Crippen MR) is 72.9 cm³/mol. The highest BCUT2D eigenvalue weighted by Gasteiger charge is 2.12. The van der Waals surface area contributed by atoms with E-state index in [1.807, 2.05) is 24.3 Å². The topological polar surface area (TPSA) is 53.0 Å². The van der Waals surface area contributed by atoms with E-state index >= 15 is 0 Å². The molecule has 0 aliphatic heterocycles. The van der Waals surface area contributed by atoms with Gasteiger partial charge in [0.25, 0.3) is 0 Å². The smallest absolute Gasteiger partial charge is 0.333 e. The fourth-order valence-electron chi connectivity index (χ4n) is 2.20. The second-order valence-corrected chi connectivity index (χ2v) is 4.37. The monoisotopic (exact) mass is 257 g/mol. The third-order valence-electron chi connectivity index (χ3n) is 3.20. The highest BCUT2D eigenvalue weighted by atomic mass is 19.1. The summed E-state index contributed by atoms with van der Waals surface area (Å²) in [5, 5.41) is 0. The molecule has 5 heteroatoms. The lowest BCUT2D eigenvalue weighted by molar-refractivity contribution is 0.631. The number of aryl methyl sites for hydroxylation is 1. The molecular formula is C14H12FN3O. The molecule has 0 aliphatic rings. The predicted octanol–water partition coefficient (Wildman–Crippen LogP) is 2.05. The van der Waals surface area contributed by atoms with Crippen molar-refractivity contribution in [1.29, 1.82) is 0 Å². The minimum Gasteiger partial charge on any atom is -0.396 e. The summed E-state index contributed by atoms with van der Waals surface area (Å²) >= 11 is 0. The van der Waals surface area contributed by atoms with Gasteiger partial charge >= 0.3 is 5.69 Å². The molecule has 0 bridgehead atoms. The van der Waals surface area contributed by atoms with Crippen molar-refractivity contribution in [3.8, 4) is 5.69 Å². The Morgan fingerprint density at radius 2 is 1.79 bits per heavy atom. The summed E-state index contributed by atoms with van der Waals surface area (Å²) in [7, 11) is 1.69. The lowest BCUT2D eigenvalue weighted by Crippen LogP contribution is -2.20. The summed E-state index contributed by atoms with van der Waals surface area (Å²) in [6.45, 7) is 0. The minimum atomic E-state index is -0.530. The van der Waals surface area contributed by atoms with Crippen molar-refractivity contribution in [2.24, 2.45) is 7.05 Å². The molecule has 2 aromatic carbocycles. The summed E-state index contributed by atoms with van der Waals surface area (Å²) in [5.41, 5.74) is 7.30. The van der Waals surface area contributed by atoms with Crippen molar-refractivity contribution >= 4 is 16.7 Å². The van der Waals surface area contributed by atoms with Crippen LogP contribution in [0.25, 0.3) is 16.7 Å². The Labute approximate surface area is 108 Å². The normalized spacial score (nSPS) is 11.1. The van der Waals surface area contributed by atoms with E-state index in [0.717, 1.165) is 11.0 Å². The summed E-state index contributed by atoms with van der Waals surface area (Å²) in [6, 6.07) is 11.7. The average Bonchev–Trinajstić information content (AvgIpc) is 2.66. The van der Waals surface area contributed by atoms with Gasteiger partial charge in [0, 0.05) is 13.1 Å². The van der Waals surface area contributed by atoms with E-state index in [-0.39, 0.29) is 11.4 Å². The lowest BCUT2D eigenvalue weighted by Gasteiger charge is -2.04. The van der Waals surface area contributed by atoms with Gasteiger partial charge in [-0.3, -0.25) is 9.13 Å². The first-order valence-corrected chi connectivity index (χ1v) is 5.81. The Balaban J connectivity index is 2.39. The van der Waals surface area contributed by atoms with Gasteiger partial charge in [-0.25, -0.2) is 9.18 Å². The van der Waals surface area contributed by atoms with Gasteiger partial charge in [0.05, 0.1) is 22.4 Å². The number of hydrogen-bond acceptors (Lipinski definition) is 2. The van der Waals surface area contributed by atoms with Crippen LogP contribution in [0.4, 0.5) is 10.1 Å². The first-order valence-electron chi connectivity index (χ1n) is 5.81. The SMILES string of the molecule is Cn1c(=O)n(-c2ccc(N)c(F)c2)c2ccccc21. The Kier molecular flexibility index (Phi) is 2.41. The Hall–Kier alpha value is -2.56. The van der Waals surface area contributed by atoms with Crippen LogP contribution in [-0.2, 0) is 7.05 Å². The van der Waals surface area contributed by atoms with Crippen molar-refractivity contribution in [3.05, 3.63) is 58.8 Å². The third kappa shape index (κ3) is 1.62. The van der Waals surface area contributed by atoms with Gasteiger partial charge in [-0.1, -0.05) is 12.1 Å². The van der Waals surface area contributed by atoms with E-state index in [9.17, 15) is 9.18 Å². The van der Waals surface area contributed by atoms with Gasteiger partial charge in [-0.15, -0.1) is 0 Å². The molecule has 0 spiro atoms. The lowest BCUT2D eigenvalue weighted by atomic mass is 10.2. The van der Waals surface area contributed by atoms with Gasteiger partial charge in [0.15, 0.2) is 0 Å². The molecule has 2 N–H and O–H groups in total. The summed E-state index contributed by atoms with van der Waals surface area (Å²) in [4.78, 5) is 12.3. The molecule has 0 unspecified atom stereocenters. The van der Waals surface area contributed by atoms with Gasteiger partial charge in [-0.05, 0) is 24.3 Å². The number of nitrogens with zero attached hydrogens (tertiary/aromatic N) is 2. The highest BCUT2D eigenvalue weighted by molar-refractivity contribution is 5.78. The Bertz CT molecular complexity index is 832. The summed E-state index contributed by atoms with van der Waals surface area (Å²) < 4.78 is 16.6. The number of fused-ring (bicyclic) bond motifs is 1. The van der Waals surface area contributed by atoms with Crippen LogP contribution >= 0.6 is 0 Å². The molecule has 19 heavy (non-hydrogen) atoms. The van der Waals surface area contributed by atoms with Gasteiger partial charge in [0.2, 0.25) is 0 Å². The third-order valence-corrected chi connectivity index (χ3v) is 3.20. The van der Waals surface area contributed by atoms with Crippen molar-refractivity contribution in [2.45, 2.75) is 0 Å². The first kappa shape index (κ1) is 11.5. The van der Waals surface area contributed by atoms with Crippen molar-refractivity contribution in [3.63, 3.8) is 0 Å². The molecule has 0 amide bonds. The molecule has 0 saturated carbocycles. The second-order valence-electron chi connectivity index (χ2n) is 4.37. The number of halogens is 1. The van der Waals surface area contributed by atoms with E-state index in [2.05, 4.69) is 0 Å². The molecular weight excluding hydrogens is 245 g/mol.